The number of benzene rings is 2. The number of carbonyl (C=O) groups is 2. The van der Waals surface area contributed by atoms with Gasteiger partial charge in [-0.1, -0.05) is 67.0 Å². The molecule has 0 bridgehead atoms. The highest BCUT2D eigenvalue weighted by atomic mass is 16.5. The molecule has 3 amide bonds. The minimum Gasteiger partial charge on any atom is -0.337 e. The topological polar surface area (TPSA) is 88.3 Å². The zero-order valence-corrected chi connectivity index (χ0v) is 17.5. The molecule has 2 aromatic carbocycles. The number of imide groups is 1. The smallest absolute Gasteiger partial charge is 0.325 e. The third kappa shape index (κ3) is 3.47. The SMILES string of the molecule is Cc1cccc(-c2noc(CN3C(=O)NC(C)(c4ccc(C(C)C)cc4)C3=O)n2)c1. The summed E-state index contributed by atoms with van der Waals surface area (Å²) in [6.07, 6.45) is 0. The number of amides is 3. The quantitative estimate of drug-likeness (QED) is 0.646. The van der Waals surface area contributed by atoms with Crippen molar-refractivity contribution in [3.63, 3.8) is 0 Å². The van der Waals surface area contributed by atoms with Gasteiger partial charge in [0.25, 0.3) is 5.91 Å². The summed E-state index contributed by atoms with van der Waals surface area (Å²) in [5.74, 6) is 0.666. The lowest BCUT2D eigenvalue weighted by Crippen LogP contribution is -2.40. The number of nitrogens with zero attached hydrogens (tertiary/aromatic N) is 3. The number of hydrogen-bond donors (Lipinski definition) is 1. The van der Waals surface area contributed by atoms with E-state index >= 15 is 0 Å². The summed E-state index contributed by atoms with van der Waals surface area (Å²) >= 11 is 0. The van der Waals surface area contributed by atoms with Crippen LogP contribution in [0.4, 0.5) is 4.79 Å². The van der Waals surface area contributed by atoms with E-state index in [0.717, 1.165) is 21.6 Å². The zero-order valence-electron chi connectivity index (χ0n) is 17.5. The van der Waals surface area contributed by atoms with E-state index in [0.29, 0.717) is 11.7 Å². The maximum atomic E-state index is 13.1. The number of nitrogens with one attached hydrogen (secondary N) is 1. The van der Waals surface area contributed by atoms with Crippen molar-refractivity contribution >= 4 is 11.9 Å². The van der Waals surface area contributed by atoms with Crippen LogP contribution in [0.25, 0.3) is 11.4 Å². The molecule has 154 valence electrons. The fourth-order valence-corrected chi connectivity index (χ4v) is 3.59. The van der Waals surface area contributed by atoms with Crippen LogP contribution in [0.15, 0.2) is 53.1 Å². The Morgan fingerprint density at radius 2 is 1.87 bits per heavy atom. The van der Waals surface area contributed by atoms with Gasteiger partial charge in [-0.05, 0) is 37.0 Å². The predicted molar refractivity (Wildman–Crippen MR) is 111 cm³/mol. The Morgan fingerprint density at radius 3 is 2.53 bits per heavy atom. The van der Waals surface area contributed by atoms with Crippen LogP contribution in [0.3, 0.4) is 0 Å². The zero-order chi connectivity index (χ0) is 21.5. The van der Waals surface area contributed by atoms with Crippen LogP contribution in [-0.4, -0.2) is 27.0 Å². The average Bonchev–Trinajstić information content (AvgIpc) is 3.27. The lowest BCUT2D eigenvalue weighted by Gasteiger charge is -2.22. The van der Waals surface area contributed by atoms with E-state index in [-0.39, 0.29) is 18.3 Å². The molecule has 1 atom stereocenters. The molecule has 1 saturated heterocycles. The minimum atomic E-state index is -1.13. The molecule has 1 aliphatic heterocycles. The summed E-state index contributed by atoms with van der Waals surface area (Å²) in [7, 11) is 0. The predicted octanol–water partition coefficient (Wildman–Crippen LogP) is 4.14. The Morgan fingerprint density at radius 1 is 1.13 bits per heavy atom. The van der Waals surface area contributed by atoms with Gasteiger partial charge in [0.2, 0.25) is 11.7 Å². The number of rotatable bonds is 5. The molecular formula is C23H24N4O3. The van der Waals surface area contributed by atoms with Crippen molar-refractivity contribution in [2.75, 3.05) is 0 Å². The summed E-state index contributed by atoms with van der Waals surface area (Å²) in [6.45, 7) is 7.83. The van der Waals surface area contributed by atoms with Crippen molar-refractivity contribution in [1.29, 1.82) is 0 Å². The van der Waals surface area contributed by atoms with Crippen LogP contribution in [-0.2, 0) is 16.9 Å². The molecular weight excluding hydrogens is 380 g/mol. The maximum Gasteiger partial charge on any atom is 0.325 e. The second-order valence-corrected chi connectivity index (χ2v) is 8.10. The molecule has 7 heteroatoms. The fourth-order valence-electron chi connectivity index (χ4n) is 3.59. The van der Waals surface area contributed by atoms with E-state index in [1.807, 2.05) is 55.5 Å². The second kappa shape index (κ2) is 7.40. The van der Waals surface area contributed by atoms with Gasteiger partial charge in [0, 0.05) is 5.56 Å². The van der Waals surface area contributed by atoms with Crippen molar-refractivity contribution in [2.45, 2.75) is 45.7 Å². The molecule has 30 heavy (non-hydrogen) atoms. The largest absolute Gasteiger partial charge is 0.337 e. The minimum absolute atomic E-state index is 0.0802. The summed E-state index contributed by atoms with van der Waals surface area (Å²) in [4.78, 5) is 31.2. The average molecular weight is 404 g/mol. The van der Waals surface area contributed by atoms with E-state index in [4.69, 9.17) is 4.52 Å². The molecule has 7 nitrogen and oxygen atoms in total. The highest BCUT2D eigenvalue weighted by Crippen LogP contribution is 2.31. The Kier molecular flexibility index (Phi) is 4.89. The van der Waals surface area contributed by atoms with Gasteiger partial charge in [0.1, 0.15) is 12.1 Å². The Balaban J connectivity index is 1.55. The van der Waals surface area contributed by atoms with Gasteiger partial charge in [-0.25, -0.2) is 4.79 Å². The van der Waals surface area contributed by atoms with Crippen LogP contribution in [0.2, 0.25) is 0 Å². The Labute approximate surface area is 175 Å². The first-order valence-electron chi connectivity index (χ1n) is 9.92. The van der Waals surface area contributed by atoms with Gasteiger partial charge in [-0.15, -0.1) is 0 Å². The molecule has 3 aromatic rings. The number of aryl methyl sites for hydroxylation is 1. The van der Waals surface area contributed by atoms with Crippen LogP contribution in [0.5, 0.6) is 0 Å². The molecule has 1 aromatic heterocycles. The van der Waals surface area contributed by atoms with E-state index < -0.39 is 11.6 Å². The lowest BCUT2D eigenvalue weighted by atomic mass is 9.90. The molecule has 4 rings (SSSR count). The van der Waals surface area contributed by atoms with Crippen LogP contribution < -0.4 is 5.32 Å². The normalized spacial score (nSPS) is 18.9. The van der Waals surface area contributed by atoms with Gasteiger partial charge in [-0.3, -0.25) is 9.69 Å². The number of hydrogen-bond acceptors (Lipinski definition) is 5. The van der Waals surface area contributed by atoms with Gasteiger partial charge in [-0.2, -0.15) is 4.98 Å². The van der Waals surface area contributed by atoms with Crippen LogP contribution in [0, 0.1) is 6.92 Å². The van der Waals surface area contributed by atoms with Crippen LogP contribution >= 0.6 is 0 Å². The van der Waals surface area contributed by atoms with Crippen molar-refractivity contribution in [2.24, 2.45) is 0 Å². The molecule has 1 fully saturated rings. The first kappa shape index (κ1) is 19.8. The monoisotopic (exact) mass is 404 g/mol. The van der Waals surface area contributed by atoms with Gasteiger partial charge in [0.05, 0.1) is 0 Å². The summed E-state index contributed by atoms with van der Waals surface area (Å²) in [6, 6.07) is 15.0. The Bertz CT molecular complexity index is 1100. The Hall–Kier alpha value is -3.48. The molecule has 1 aliphatic rings. The maximum absolute atomic E-state index is 13.1. The van der Waals surface area contributed by atoms with Crippen molar-refractivity contribution in [3.05, 3.63) is 71.1 Å². The molecule has 0 aliphatic carbocycles. The van der Waals surface area contributed by atoms with E-state index in [1.54, 1.807) is 6.92 Å². The highest BCUT2D eigenvalue weighted by molar-refractivity contribution is 6.07. The lowest BCUT2D eigenvalue weighted by molar-refractivity contribution is -0.131. The fraction of sp³-hybridized carbons (Fsp3) is 0.304. The number of carbonyl (C=O) groups excluding carboxylic acids is 2. The summed E-state index contributed by atoms with van der Waals surface area (Å²) < 4.78 is 5.30. The molecule has 1 N–H and O–H groups in total. The standard InChI is InChI=1S/C23H24N4O3/c1-14(2)16-8-10-18(11-9-16)23(4)21(28)27(22(29)25-23)13-19-24-20(26-30-19)17-7-5-6-15(3)12-17/h5-12,14H,13H2,1-4H3,(H,25,29). The van der Waals surface area contributed by atoms with E-state index in [9.17, 15) is 9.59 Å². The third-order valence-corrected chi connectivity index (χ3v) is 5.47. The van der Waals surface area contributed by atoms with Gasteiger partial charge >= 0.3 is 6.03 Å². The molecule has 0 spiro atoms. The van der Waals surface area contributed by atoms with E-state index in [2.05, 4.69) is 29.3 Å². The van der Waals surface area contributed by atoms with Crippen LogP contribution in [0.1, 0.15) is 49.3 Å². The van der Waals surface area contributed by atoms with Crippen molar-refractivity contribution in [1.82, 2.24) is 20.4 Å². The van der Waals surface area contributed by atoms with Crippen molar-refractivity contribution in [3.8, 4) is 11.4 Å². The molecule has 0 saturated carbocycles. The highest BCUT2D eigenvalue weighted by Gasteiger charge is 2.49. The van der Waals surface area contributed by atoms with Gasteiger partial charge in [0.15, 0.2) is 0 Å². The first-order chi connectivity index (χ1) is 14.3. The summed E-state index contributed by atoms with van der Waals surface area (Å²) in [5.41, 5.74) is 2.67. The van der Waals surface area contributed by atoms with Gasteiger partial charge < -0.3 is 9.84 Å². The second-order valence-electron chi connectivity index (χ2n) is 8.10. The third-order valence-electron chi connectivity index (χ3n) is 5.47. The van der Waals surface area contributed by atoms with E-state index in [1.165, 1.54) is 5.56 Å². The number of urea groups is 1. The molecule has 2 heterocycles. The van der Waals surface area contributed by atoms with Crippen molar-refractivity contribution < 1.29 is 14.1 Å². The number of aromatic nitrogens is 2. The molecule has 0 radical (unpaired) electrons. The molecule has 1 unspecified atom stereocenters. The summed E-state index contributed by atoms with van der Waals surface area (Å²) in [5, 5.41) is 6.79. The first-order valence-corrected chi connectivity index (χ1v) is 9.92.